The molecule has 0 N–H and O–H groups in total. The van der Waals surface area contributed by atoms with Gasteiger partial charge in [0.25, 0.3) is 0 Å². The maximum atomic E-state index is 10.1. The van der Waals surface area contributed by atoms with Crippen molar-refractivity contribution in [1.82, 2.24) is 0 Å². The first-order valence-electron chi connectivity index (χ1n) is 4.99. The second-order valence-electron chi connectivity index (χ2n) is 3.43. The third-order valence-electron chi connectivity index (χ3n) is 1.67. The van der Waals surface area contributed by atoms with Gasteiger partial charge in [-0.3, -0.25) is 0 Å². The van der Waals surface area contributed by atoms with E-state index in [9.17, 15) is 19.8 Å². The maximum Gasteiger partial charge on any atom is 2.00 e. The summed E-state index contributed by atoms with van der Waals surface area (Å²) in [6.07, 6.45) is 0. The van der Waals surface area contributed by atoms with Gasteiger partial charge in [-0.25, -0.2) is 0 Å². The third kappa shape index (κ3) is 9.61. The molecule has 1 aromatic carbocycles. The zero-order valence-electron chi connectivity index (χ0n) is 10.5. The molecule has 0 aromatic heterocycles. The number of hydrogen-bond donors (Lipinski definition) is 0. The molecule has 0 aliphatic heterocycles. The van der Waals surface area contributed by atoms with Gasteiger partial charge in [-0.2, -0.15) is 0 Å². The van der Waals surface area contributed by atoms with E-state index < -0.39 is 18.5 Å². The molecular weight excluding hydrogens is 394 g/mol. The predicted molar refractivity (Wildman–Crippen MR) is 71.8 cm³/mol. The summed E-state index contributed by atoms with van der Waals surface area (Å²) in [6.45, 7) is 3.89. The van der Waals surface area contributed by atoms with Crippen molar-refractivity contribution < 1.29 is 41.6 Å². The summed E-state index contributed by atoms with van der Waals surface area (Å²) >= 11 is 17.0. The Kier molecular flexibility index (Phi) is 11.5. The number of carbonyl (C=O) groups excluding carboxylic acids is 2. The van der Waals surface area contributed by atoms with Gasteiger partial charge in [-0.1, -0.05) is 41.4 Å². The fraction of sp³-hybridized carbons (Fsp3) is 0.167. The maximum absolute atomic E-state index is 10.1. The molecule has 0 atom stereocenters. The number of carbonyl (C=O) groups is 2. The van der Waals surface area contributed by atoms with Gasteiger partial charge in [-0.05, 0) is 18.6 Å². The second-order valence-corrected chi connectivity index (χ2v) is 4.65. The predicted octanol–water partition coefficient (Wildman–Crippen LogP) is 1.09. The van der Waals surface area contributed by atoms with Crippen molar-refractivity contribution in [2.75, 3.05) is 6.61 Å². The Balaban J connectivity index is 0. The normalized spacial score (nSPS) is 8.76. The standard InChI is InChI=1S/C8H5Cl3O3.C4H6O2.Cu/c9-4-1-6(11)7(2-5(4)10)14-3-8(12)13;1-3(2)4(5)6;/h1-2H,3H2,(H,12,13);1H2,2H3,(H,5,6);/q;;+2/p-2. The van der Waals surface area contributed by atoms with Crippen molar-refractivity contribution >= 4 is 46.7 Å². The third-order valence-corrected chi connectivity index (χ3v) is 2.69. The molecule has 0 bridgehead atoms. The van der Waals surface area contributed by atoms with Crippen LogP contribution in [0.25, 0.3) is 0 Å². The Hall–Kier alpha value is -0.911. The van der Waals surface area contributed by atoms with E-state index in [0.717, 1.165) is 0 Å². The summed E-state index contributed by atoms with van der Waals surface area (Å²) in [5.74, 6) is -2.37. The molecular formula is C12H9Cl3CuO5. The average Bonchev–Trinajstić information content (AvgIpc) is 2.32. The first-order chi connectivity index (χ1) is 9.15. The number of aliphatic carboxylic acids is 2. The fourth-order valence-electron chi connectivity index (χ4n) is 0.752. The van der Waals surface area contributed by atoms with Crippen LogP contribution in [0.15, 0.2) is 24.3 Å². The largest absolute Gasteiger partial charge is 2.00 e. The molecule has 21 heavy (non-hydrogen) atoms. The van der Waals surface area contributed by atoms with E-state index >= 15 is 0 Å². The zero-order chi connectivity index (χ0) is 15.9. The topological polar surface area (TPSA) is 89.5 Å². The number of hydrogen-bond acceptors (Lipinski definition) is 5. The first-order valence-corrected chi connectivity index (χ1v) is 6.12. The zero-order valence-corrected chi connectivity index (χ0v) is 13.8. The van der Waals surface area contributed by atoms with Crippen molar-refractivity contribution in [1.29, 1.82) is 0 Å². The van der Waals surface area contributed by atoms with Gasteiger partial charge in [0.2, 0.25) is 0 Å². The molecule has 1 rings (SSSR count). The van der Waals surface area contributed by atoms with Crippen molar-refractivity contribution in [3.63, 3.8) is 0 Å². The van der Waals surface area contributed by atoms with Gasteiger partial charge >= 0.3 is 17.1 Å². The van der Waals surface area contributed by atoms with Crippen LogP contribution in [0.3, 0.4) is 0 Å². The van der Waals surface area contributed by atoms with E-state index in [4.69, 9.17) is 39.5 Å². The molecule has 119 valence electrons. The summed E-state index contributed by atoms with van der Waals surface area (Å²) in [6, 6.07) is 2.71. The van der Waals surface area contributed by atoms with Gasteiger partial charge in [0.1, 0.15) is 12.4 Å². The Labute approximate surface area is 146 Å². The van der Waals surface area contributed by atoms with E-state index in [1.165, 1.54) is 19.1 Å². The summed E-state index contributed by atoms with van der Waals surface area (Å²) in [7, 11) is 0. The van der Waals surface area contributed by atoms with Gasteiger partial charge in [-0.15, -0.1) is 0 Å². The number of carboxylic acid groups (broad SMARTS) is 2. The Morgan fingerprint density at radius 3 is 1.95 bits per heavy atom. The Bertz CT molecular complexity index is 522. The molecule has 0 saturated heterocycles. The van der Waals surface area contributed by atoms with Crippen molar-refractivity contribution in [2.24, 2.45) is 0 Å². The van der Waals surface area contributed by atoms with Crippen LogP contribution in [0, 0.1) is 0 Å². The van der Waals surface area contributed by atoms with Crippen molar-refractivity contribution in [2.45, 2.75) is 6.92 Å². The molecule has 9 heteroatoms. The minimum absolute atomic E-state index is 0. The number of benzene rings is 1. The molecule has 5 nitrogen and oxygen atoms in total. The molecule has 1 aromatic rings. The minimum atomic E-state index is -1.34. The van der Waals surface area contributed by atoms with E-state index in [0.29, 0.717) is 0 Å². The van der Waals surface area contributed by atoms with Gasteiger partial charge in [0, 0.05) is 6.07 Å². The van der Waals surface area contributed by atoms with Crippen molar-refractivity contribution in [3.05, 3.63) is 39.4 Å². The molecule has 0 heterocycles. The van der Waals surface area contributed by atoms with Crippen LogP contribution in [0.4, 0.5) is 0 Å². The average molecular weight is 403 g/mol. The van der Waals surface area contributed by atoms with Crippen LogP contribution in [0.2, 0.25) is 15.1 Å². The smallest absolute Gasteiger partial charge is 0.546 e. The summed E-state index contributed by atoms with van der Waals surface area (Å²) in [5.41, 5.74) is 0.0648. The number of halogens is 3. The molecule has 0 fully saturated rings. The number of carboxylic acids is 2. The van der Waals surface area contributed by atoms with Crippen LogP contribution < -0.4 is 14.9 Å². The molecule has 0 amide bonds. The molecule has 0 aliphatic carbocycles. The van der Waals surface area contributed by atoms with Crippen LogP contribution in [0.1, 0.15) is 6.92 Å². The van der Waals surface area contributed by atoms with Crippen LogP contribution in [-0.2, 0) is 26.7 Å². The number of ether oxygens (including phenoxy) is 1. The molecule has 0 aliphatic rings. The van der Waals surface area contributed by atoms with Crippen molar-refractivity contribution in [3.8, 4) is 5.75 Å². The van der Waals surface area contributed by atoms with Crippen LogP contribution in [0.5, 0.6) is 5.75 Å². The van der Waals surface area contributed by atoms with E-state index in [1.54, 1.807) is 0 Å². The SMILES string of the molecule is C=C(C)C(=O)[O-].O=C([O-])COc1cc(Cl)c(Cl)cc1Cl.[Cu+2]. The second kappa shape index (κ2) is 10.8. The molecule has 1 radical (unpaired) electrons. The first kappa shape index (κ1) is 22.4. The molecule has 0 unspecified atom stereocenters. The van der Waals surface area contributed by atoms with E-state index in [1.807, 2.05) is 0 Å². The van der Waals surface area contributed by atoms with Crippen LogP contribution >= 0.6 is 34.8 Å². The van der Waals surface area contributed by atoms with Gasteiger partial charge in [0.05, 0.1) is 27.0 Å². The summed E-state index contributed by atoms with van der Waals surface area (Å²) in [4.78, 5) is 19.6. The summed E-state index contributed by atoms with van der Waals surface area (Å²) in [5, 5.41) is 20.3. The van der Waals surface area contributed by atoms with Gasteiger partial charge < -0.3 is 24.5 Å². The minimum Gasteiger partial charge on any atom is -0.546 e. The van der Waals surface area contributed by atoms with E-state index in [-0.39, 0.29) is 43.5 Å². The van der Waals surface area contributed by atoms with Gasteiger partial charge in [0.15, 0.2) is 0 Å². The Morgan fingerprint density at radius 1 is 1.14 bits per heavy atom. The van der Waals surface area contributed by atoms with E-state index in [2.05, 4.69) is 6.58 Å². The quantitative estimate of drug-likeness (QED) is 0.427. The molecule has 0 saturated carbocycles. The molecule has 0 spiro atoms. The Morgan fingerprint density at radius 2 is 1.57 bits per heavy atom. The fourth-order valence-corrected chi connectivity index (χ4v) is 1.34. The monoisotopic (exact) mass is 401 g/mol. The summed E-state index contributed by atoms with van der Waals surface area (Å²) < 4.78 is 4.80. The number of rotatable bonds is 4. The van der Waals surface area contributed by atoms with Crippen LogP contribution in [-0.4, -0.2) is 18.5 Å².